The lowest BCUT2D eigenvalue weighted by Crippen LogP contribution is -2.39. The van der Waals surface area contributed by atoms with E-state index in [9.17, 15) is 5.11 Å². The number of aromatic nitrogens is 2. The van der Waals surface area contributed by atoms with Gasteiger partial charge in [-0.05, 0) is 25.3 Å². The fourth-order valence-electron chi connectivity index (χ4n) is 1.82. The highest BCUT2D eigenvalue weighted by Crippen LogP contribution is 2.16. The van der Waals surface area contributed by atoms with E-state index in [1.807, 2.05) is 36.6 Å². The van der Waals surface area contributed by atoms with Gasteiger partial charge in [0.1, 0.15) is 0 Å². The van der Waals surface area contributed by atoms with E-state index in [-0.39, 0.29) is 0 Å². The topological polar surface area (TPSA) is 71.2 Å². The number of hydrogen-bond acceptors (Lipinski definition) is 6. The predicted octanol–water partition coefficient (Wildman–Crippen LogP) is 1.94. The first-order chi connectivity index (χ1) is 9.61. The molecule has 0 saturated heterocycles. The van der Waals surface area contributed by atoms with Gasteiger partial charge < -0.3 is 14.8 Å². The zero-order chi connectivity index (χ0) is 14.4. The lowest BCUT2D eigenvalue weighted by atomic mass is 10.1. The quantitative estimate of drug-likeness (QED) is 0.813. The largest absolute Gasteiger partial charge is 0.419 e. The normalized spacial score (nSPS) is 14.2. The molecule has 5 nitrogen and oxygen atoms in total. The Balaban J connectivity index is 1.88. The summed E-state index contributed by atoms with van der Waals surface area (Å²) in [4.78, 5) is 0. The van der Waals surface area contributed by atoms with Crippen LogP contribution in [0.25, 0.3) is 11.5 Å². The first-order valence-electron chi connectivity index (χ1n) is 6.40. The number of hydrogen-bond donors (Lipinski definition) is 2. The maximum Gasteiger partial charge on any atom is 0.247 e. The highest BCUT2D eigenvalue weighted by Gasteiger charge is 2.19. The van der Waals surface area contributed by atoms with Gasteiger partial charge in [-0.3, -0.25) is 0 Å². The van der Waals surface area contributed by atoms with Gasteiger partial charge in [-0.15, -0.1) is 10.2 Å². The standard InChI is InChI=1S/C14H19N3O2S/c1-14(18,10-20-2)9-15-8-12-16-17-13(19-12)11-6-4-3-5-7-11/h3-7,15,18H,8-10H2,1-2H3. The molecule has 0 aliphatic carbocycles. The minimum absolute atomic E-state index is 0.449. The Morgan fingerprint density at radius 2 is 2.05 bits per heavy atom. The molecule has 0 amide bonds. The summed E-state index contributed by atoms with van der Waals surface area (Å²) in [5, 5.41) is 21.2. The van der Waals surface area contributed by atoms with Crippen LogP contribution in [0.4, 0.5) is 0 Å². The average Bonchev–Trinajstić information content (AvgIpc) is 2.88. The summed E-state index contributed by atoms with van der Waals surface area (Å²) >= 11 is 1.61. The van der Waals surface area contributed by atoms with Crippen LogP contribution in [0.5, 0.6) is 0 Å². The summed E-state index contributed by atoms with van der Waals surface area (Å²) < 4.78 is 5.57. The van der Waals surface area contributed by atoms with Crippen LogP contribution in [0.15, 0.2) is 34.7 Å². The van der Waals surface area contributed by atoms with E-state index in [0.29, 0.717) is 30.6 Å². The van der Waals surface area contributed by atoms with E-state index < -0.39 is 5.60 Å². The molecular formula is C14H19N3O2S. The molecule has 0 fully saturated rings. The van der Waals surface area contributed by atoms with Crippen molar-refractivity contribution in [1.82, 2.24) is 15.5 Å². The number of nitrogens with one attached hydrogen (secondary N) is 1. The molecule has 0 bridgehead atoms. The van der Waals surface area contributed by atoms with Crippen LogP contribution >= 0.6 is 11.8 Å². The Kier molecular flexibility index (Phi) is 5.17. The van der Waals surface area contributed by atoms with E-state index in [2.05, 4.69) is 15.5 Å². The van der Waals surface area contributed by atoms with Crippen molar-refractivity contribution in [1.29, 1.82) is 0 Å². The molecule has 0 aliphatic heterocycles. The molecule has 2 aromatic rings. The van der Waals surface area contributed by atoms with Gasteiger partial charge in [0.2, 0.25) is 11.8 Å². The maximum absolute atomic E-state index is 10.0. The summed E-state index contributed by atoms with van der Waals surface area (Å²) in [6.45, 7) is 2.74. The molecule has 1 aromatic heterocycles. The van der Waals surface area contributed by atoms with E-state index >= 15 is 0 Å². The lowest BCUT2D eigenvalue weighted by Gasteiger charge is -2.21. The van der Waals surface area contributed by atoms with Crippen LogP contribution in [0, 0.1) is 0 Å². The van der Waals surface area contributed by atoms with Gasteiger partial charge in [0.05, 0.1) is 12.1 Å². The van der Waals surface area contributed by atoms with Gasteiger partial charge >= 0.3 is 0 Å². The van der Waals surface area contributed by atoms with Crippen LogP contribution < -0.4 is 5.32 Å². The Labute approximate surface area is 122 Å². The van der Waals surface area contributed by atoms with Crippen LogP contribution in [0.1, 0.15) is 12.8 Å². The fraction of sp³-hybridized carbons (Fsp3) is 0.429. The first kappa shape index (κ1) is 15.0. The smallest absolute Gasteiger partial charge is 0.247 e. The zero-order valence-electron chi connectivity index (χ0n) is 11.7. The van der Waals surface area contributed by atoms with E-state index in [1.54, 1.807) is 18.7 Å². The summed E-state index contributed by atoms with van der Waals surface area (Å²) in [5.74, 6) is 1.71. The molecule has 0 spiro atoms. The minimum atomic E-state index is -0.734. The first-order valence-corrected chi connectivity index (χ1v) is 7.80. The fourth-order valence-corrected chi connectivity index (χ4v) is 2.55. The Bertz CT molecular complexity index is 528. The van der Waals surface area contributed by atoms with Gasteiger partial charge in [0.15, 0.2) is 0 Å². The van der Waals surface area contributed by atoms with Crippen LogP contribution in [0.2, 0.25) is 0 Å². The molecule has 1 unspecified atom stereocenters. The Morgan fingerprint density at radius 1 is 1.30 bits per heavy atom. The van der Waals surface area contributed by atoms with Crippen molar-refractivity contribution in [3.8, 4) is 11.5 Å². The second-order valence-corrected chi connectivity index (χ2v) is 5.77. The second kappa shape index (κ2) is 6.88. The van der Waals surface area contributed by atoms with Crippen molar-refractivity contribution in [3.63, 3.8) is 0 Å². The molecule has 6 heteroatoms. The number of benzene rings is 1. The summed E-state index contributed by atoms with van der Waals surface area (Å²) in [7, 11) is 0. The molecule has 0 aliphatic rings. The molecule has 2 N–H and O–H groups in total. The minimum Gasteiger partial charge on any atom is -0.419 e. The van der Waals surface area contributed by atoms with Crippen LogP contribution in [-0.4, -0.2) is 39.5 Å². The Morgan fingerprint density at radius 3 is 2.75 bits per heavy atom. The molecule has 108 valence electrons. The number of aliphatic hydroxyl groups is 1. The highest BCUT2D eigenvalue weighted by molar-refractivity contribution is 7.98. The van der Waals surface area contributed by atoms with E-state index in [1.165, 1.54) is 0 Å². The average molecular weight is 293 g/mol. The van der Waals surface area contributed by atoms with E-state index in [4.69, 9.17) is 4.42 Å². The van der Waals surface area contributed by atoms with Crippen molar-refractivity contribution >= 4 is 11.8 Å². The second-order valence-electron chi connectivity index (χ2n) is 4.90. The van der Waals surface area contributed by atoms with Gasteiger partial charge in [-0.25, -0.2) is 0 Å². The molecular weight excluding hydrogens is 274 g/mol. The van der Waals surface area contributed by atoms with Gasteiger partial charge in [-0.2, -0.15) is 11.8 Å². The van der Waals surface area contributed by atoms with Crippen molar-refractivity contribution < 1.29 is 9.52 Å². The number of thioether (sulfide) groups is 1. The zero-order valence-corrected chi connectivity index (χ0v) is 12.5. The van der Waals surface area contributed by atoms with E-state index in [0.717, 1.165) is 5.56 Å². The lowest BCUT2D eigenvalue weighted by molar-refractivity contribution is 0.0839. The van der Waals surface area contributed by atoms with Crippen molar-refractivity contribution in [3.05, 3.63) is 36.2 Å². The summed E-state index contributed by atoms with van der Waals surface area (Å²) in [6, 6.07) is 9.65. The van der Waals surface area contributed by atoms with Gasteiger partial charge in [0.25, 0.3) is 0 Å². The molecule has 2 rings (SSSR count). The van der Waals surface area contributed by atoms with Gasteiger partial charge in [-0.1, -0.05) is 18.2 Å². The molecule has 1 heterocycles. The SMILES string of the molecule is CSCC(C)(O)CNCc1nnc(-c2ccccc2)o1. The third-order valence-corrected chi connectivity index (χ3v) is 3.64. The molecule has 20 heavy (non-hydrogen) atoms. The number of nitrogens with zero attached hydrogens (tertiary/aromatic N) is 2. The van der Waals surface area contributed by atoms with Crippen LogP contribution in [0.3, 0.4) is 0 Å². The Hall–Kier alpha value is -1.37. The van der Waals surface area contributed by atoms with Crippen molar-refractivity contribution in [2.45, 2.75) is 19.1 Å². The maximum atomic E-state index is 10.0. The molecule has 0 saturated carbocycles. The molecule has 1 aromatic carbocycles. The predicted molar refractivity (Wildman–Crippen MR) is 80.4 cm³/mol. The third kappa shape index (κ3) is 4.33. The summed E-state index contributed by atoms with van der Waals surface area (Å²) in [6.07, 6.45) is 1.97. The highest BCUT2D eigenvalue weighted by atomic mass is 32.2. The van der Waals surface area contributed by atoms with Crippen molar-refractivity contribution in [2.24, 2.45) is 0 Å². The van der Waals surface area contributed by atoms with Gasteiger partial charge in [0, 0.05) is 17.9 Å². The monoisotopic (exact) mass is 293 g/mol. The summed E-state index contributed by atoms with van der Waals surface area (Å²) in [5.41, 5.74) is 0.169. The molecule has 1 atom stereocenters. The van der Waals surface area contributed by atoms with Crippen molar-refractivity contribution in [2.75, 3.05) is 18.6 Å². The number of rotatable bonds is 7. The van der Waals surface area contributed by atoms with Crippen LogP contribution in [-0.2, 0) is 6.54 Å². The third-order valence-electron chi connectivity index (χ3n) is 2.72. The molecule has 0 radical (unpaired) electrons.